The molecule has 0 aromatic heterocycles. The molecule has 14 heavy (non-hydrogen) atoms. The highest BCUT2D eigenvalue weighted by molar-refractivity contribution is 5.66. The molecule has 0 radical (unpaired) electrons. The topological polar surface area (TPSA) is 105 Å². The predicted octanol–water partition coefficient (Wildman–Crippen LogP) is -0.794. The van der Waals surface area contributed by atoms with E-state index in [1.807, 2.05) is 0 Å². The second kappa shape index (κ2) is 6.36. The number of aliphatic hydroxyl groups excluding tert-OH is 1. The van der Waals surface area contributed by atoms with Gasteiger partial charge in [-0.3, -0.25) is 4.79 Å². The molecule has 1 atom stereocenters. The minimum absolute atomic E-state index is 0.0417. The molecule has 0 saturated carbocycles. The van der Waals surface area contributed by atoms with E-state index in [0.717, 1.165) is 0 Å². The number of carbonyl (C=O) groups is 1. The maximum atomic E-state index is 9.37. The van der Waals surface area contributed by atoms with E-state index in [9.17, 15) is 4.79 Å². The van der Waals surface area contributed by atoms with Crippen LogP contribution < -0.4 is 11.2 Å². The van der Waals surface area contributed by atoms with Crippen molar-refractivity contribution >= 4 is 5.97 Å². The average molecular weight is 204 g/mol. The number of hydroxylamine groups is 1. The summed E-state index contributed by atoms with van der Waals surface area (Å²) in [5.41, 5.74) is 7.37. The third-order valence-corrected chi connectivity index (χ3v) is 1.67. The largest absolute Gasteiger partial charge is 0.481 e. The molecule has 0 spiro atoms. The molecule has 0 aliphatic carbocycles. The highest BCUT2D eigenvalue weighted by atomic mass is 16.6. The molecule has 0 bridgehead atoms. The van der Waals surface area contributed by atoms with Crippen molar-refractivity contribution in [2.75, 3.05) is 13.2 Å². The van der Waals surface area contributed by atoms with Crippen LogP contribution in [0.4, 0.5) is 0 Å². The number of carboxylic acids is 1. The van der Waals surface area contributed by atoms with Crippen molar-refractivity contribution in [3.8, 4) is 0 Å². The molecule has 0 aromatic rings. The van der Waals surface area contributed by atoms with Gasteiger partial charge < -0.3 is 20.8 Å². The molecular weight excluding hydrogens is 188 g/mol. The first-order chi connectivity index (χ1) is 6.60. The number of hydrogen-bond donors (Lipinski definition) is 4. The van der Waals surface area contributed by atoms with Gasteiger partial charge in [-0.25, -0.2) is 0 Å². The summed E-state index contributed by atoms with van der Waals surface area (Å²) in [4.78, 5) is 14.0. The summed E-state index contributed by atoms with van der Waals surface area (Å²) >= 11 is 0. The van der Waals surface area contributed by atoms with E-state index < -0.39 is 11.5 Å². The summed E-state index contributed by atoms with van der Waals surface area (Å²) in [7, 11) is 0. The highest BCUT2D eigenvalue weighted by Crippen LogP contribution is 2.09. The van der Waals surface area contributed by atoms with Gasteiger partial charge in [0, 0.05) is 13.0 Å². The van der Waals surface area contributed by atoms with Gasteiger partial charge in [0.25, 0.3) is 0 Å². The fourth-order valence-electron chi connectivity index (χ4n) is 0.609. The van der Waals surface area contributed by atoms with Gasteiger partial charge >= 0.3 is 5.97 Å². The summed E-state index contributed by atoms with van der Waals surface area (Å²) in [6.07, 6.45) is 3.40. The normalized spacial score (nSPS) is 23.6. The first kappa shape index (κ1) is 12.9. The Morgan fingerprint density at radius 3 is 2.43 bits per heavy atom. The van der Waals surface area contributed by atoms with Crippen LogP contribution in [-0.4, -0.2) is 34.9 Å². The van der Waals surface area contributed by atoms with Crippen molar-refractivity contribution in [1.82, 2.24) is 5.48 Å². The number of aliphatic hydroxyl groups is 1. The Bertz CT molecular complexity index is 202. The quantitative estimate of drug-likeness (QED) is 0.480. The molecule has 1 aliphatic heterocycles. The van der Waals surface area contributed by atoms with Crippen LogP contribution in [0.15, 0.2) is 12.3 Å². The van der Waals surface area contributed by atoms with Gasteiger partial charge in [-0.15, -0.1) is 5.48 Å². The molecule has 1 unspecified atom stereocenters. The van der Waals surface area contributed by atoms with Gasteiger partial charge in [0.2, 0.25) is 0 Å². The van der Waals surface area contributed by atoms with Crippen LogP contribution >= 0.6 is 0 Å². The molecule has 6 heteroatoms. The summed E-state index contributed by atoms with van der Waals surface area (Å²) in [5.74, 6) is -0.745. The lowest BCUT2D eigenvalue weighted by molar-refractivity contribution is -0.136. The maximum Gasteiger partial charge on any atom is 0.303 e. The number of nitrogens with two attached hydrogens (primary N) is 1. The van der Waals surface area contributed by atoms with Crippen LogP contribution in [0.5, 0.6) is 0 Å². The molecule has 1 rings (SSSR count). The highest BCUT2D eigenvalue weighted by Gasteiger charge is 2.28. The minimum Gasteiger partial charge on any atom is -0.481 e. The van der Waals surface area contributed by atoms with Crippen LogP contribution in [0, 0.1) is 0 Å². The smallest absolute Gasteiger partial charge is 0.303 e. The summed E-state index contributed by atoms with van der Waals surface area (Å²) in [6.45, 7) is 1.89. The van der Waals surface area contributed by atoms with Crippen molar-refractivity contribution < 1.29 is 19.8 Å². The Morgan fingerprint density at radius 2 is 2.29 bits per heavy atom. The Morgan fingerprint density at radius 1 is 1.71 bits per heavy atom. The second-order valence-electron chi connectivity index (χ2n) is 2.79. The van der Waals surface area contributed by atoms with Gasteiger partial charge in [0.05, 0.1) is 6.61 Å². The second-order valence-corrected chi connectivity index (χ2v) is 2.79. The molecule has 1 aliphatic rings. The van der Waals surface area contributed by atoms with Crippen molar-refractivity contribution in [1.29, 1.82) is 0 Å². The van der Waals surface area contributed by atoms with Gasteiger partial charge in [0.1, 0.15) is 11.8 Å². The van der Waals surface area contributed by atoms with Crippen molar-refractivity contribution in [2.45, 2.75) is 18.9 Å². The Labute approximate surface area is 82.3 Å². The number of carboxylic acid groups (broad SMARTS) is 1. The molecular formula is C8H16N2O4. The Hall–Kier alpha value is -1.11. The van der Waals surface area contributed by atoms with Gasteiger partial charge in [0.15, 0.2) is 0 Å². The standard InChI is InChI=1S/C5H10N2O2.C3H6O2/c6-3-5(4-8)1-2-9-7-5;1-2-3(4)5/h1-2,7-8H,3-4,6H2;2H2,1H3,(H,4,5). The maximum absolute atomic E-state index is 9.37. The molecule has 1 heterocycles. The van der Waals surface area contributed by atoms with E-state index in [4.69, 9.17) is 15.9 Å². The lowest BCUT2D eigenvalue weighted by Gasteiger charge is -2.20. The number of aliphatic carboxylic acids is 1. The summed E-state index contributed by atoms with van der Waals surface area (Å²) < 4.78 is 0. The average Bonchev–Trinajstić information content (AvgIpc) is 2.68. The van der Waals surface area contributed by atoms with Crippen LogP contribution in [0.1, 0.15) is 13.3 Å². The zero-order valence-electron chi connectivity index (χ0n) is 8.06. The van der Waals surface area contributed by atoms with Gasteiger partial charge in [-0.1, -0.05) is 6.92 Å². The monoisotopic (exact) mass is 204 g/mol. The molecule has 5 N–H and O–H groups in total. The number of nitrogens with one attached hydrogen (secondary N) is 1. The van der Waals surface area contributed by atoms with Crippen molar-refractivity contribution in [3.63, 3.8) is 0 Å². The molecule has 0 aromatic carbocycles. The van der Waals surface area contributed by atoms with Crippen LogP contribution in [-0.2, 0) is 9.63 Å². The number of rotatable bonds is 3. The Kier molecular flexibility index (Phi) is 5.86. The van der Waals surface area contributed by atoms with E-state index in [-0.39, 0.29) is 13.0 Å². The molecule has 82 valence electrons. The van der Waals surface area contributed by atoms with E-state index >= 15 is 0 Å². The van der Waals surface area contributed by atoms with E-state index in [1.54, 1.807) is 13.0 Å². The lowest BCUT2D eigenvalue weighted by atomic mass is 10.0. The van der Waals surface area contributed by atoms with E-state index in [2.05, 4.69) is 10.3 Å². The van der Waals surface area contributed by atoms with Crippen molar-refractivity contribution in [3.05, 3.63) is 12.3 Å². The fourth-order valence-corrected chi connectivity index (χ4v) is 0.609. The third kappa shape index (κ3) is 4.22. The molecule has 0 saturated heterocycles. The summed E-state index contributed by atoms with van der Waals surface area (Å²) in [5, 5.41) is 16.5. The molecule has 0 amide bonds. The van der Waals surface area contributed by atoms with E-state index in [1.165, 1.54) is 6.26 Å². The summed E-state index contributed by atoms with van der Waals surface area (Å²) in [6, 6.07) is 0. The van der Waals surface area contributed by atoms with Crippen LogP contribution in [0.2, 0.25) is 0 Å². The zero-order valence-corrected chi connectivity index (χ0v) is 8.06. The van der Waals surface area contributed by atoms with E-state index in [0.29, 0.717) is 6.54 Å². The lowest BCUT2D eigenvalue weighted by Crippen LogP contribution is -2.49. The fraction of sp³-hybridized carbons (Fsp3) is 0.625. The van der Waals surface area contributed by atoms with Gasteiger partial charge in [-0.05, 0) is 6.08 Å². The zero-order chi connectivity index (χ0) is 11.0. The van der Waals surface area contributed by atoms with Gasteiger partial charge in [-0.2, -0.15) is 0 Å². The van der Waals surface area contributed by atoms with Crippen molar-refractivity contribution in [2.24, 2.45) is 5.73 Å². The first-order valence-corrected chi connectivity index (χ1v) is 4.23. The number of hydrogen-bond acceptors (Lipinski definition) is 5. The molecule has 6 nitrogen and oxygen atoms in total. The SMILES string of the molecule is CCC(=O)O.NCC1(CO)C=CON1. The predicted molar refractivity (Wildman–Crippen MR) is 50.2 cm³/mol. The third-order valence-electron chi connectivity index (χ3n) is 1.67. The first-order valence-electron chi connectivity index (χ1n) is 4.23. The van der Waals surface area contributed by atoms with Crippen LogP contribution in [0.3, 0.4) is 0 Å². The molecule has 0 fully saturated rings. The minimum atomic E-state index is -0.745. The Balaban J connectivity index is 0.000000292. The van der Waals surface area contributed by atoms with Crippen LogP contribution in [0.25, 0.3) is 0 Å².